The molecule has 150 valence electrons. The van der Waals surface area contributed by atoms with Gasteiger partial charge in [-0.3, -0.25) is 4.79 Å². The Hall–Kier alpha value is -2.79. The highest BCUT2D eigenvalue weighted by Gasteiger charge is 2.27. The van der Waals surface area contributed by atoms with Crippen molar-refractivity contribution in [2.45, 2.75) is 25.3 Å². The number of hydrogen-bond acceptors (Lipinski definition) is 4. The average Bonchev–Trinajstić information content (AvgIpc) is 3.44. The molecule has 0 aliphatic carbocycles. The van der Waals surface area contributed by atoms with Crippen LogP contribution in [0.15, 0.2) is 66.0 Å². The van der Waals surface area contributed by atoms with Gasteiger partial charge in [-0.05, 0) is 53.6 Å². The molecule has 0 fully saturated rings. The molecule has 0 unspecified atom stereocenters. The van der Waals surface area contributed by atoms with Gasteiger partial charge in [0.05, 0.1) is 13.2 Å². The van der Waals surface area contributed by atoms with E-state index in [0.717, 1.165) is 30.7 Å². The highest BCUT2D eigenvalue weighted by Crippen LogP contribution is 2.36. The fourth-order valence-electron chi connectivity index (χ4n) is 3.88. The highest BCUT2D eigenvalue weighted by atomic mass is 32.1. The van der Waals surface area contributed by atoms with E-state index in [4.69, 9.17) is 4.74 Å². The largest absolute Gasteiger partial charge is 0.497 e. The zero-order valence-electron chi connectivity index (χ0n) is 16.6. The molecule has 1 amide bonds. The summed E-state index contributed by atoms with van der Waals surface area (Å²) < 4.78 is 5.19. The smallest absolute Gasteiger partial charge is 0.220 e. The number of aryl methyl sites for hydroxylation is 1. The minimum atomic E-state index is 0.0925. The van der Waals surface area contributed by atoms with Crippen LogP contribution in [0.25, 0.3) is 0 Å². The van der Waals surface area contributed by atoms with Crippen LogP contribution in [0, 0.1) is 0 Å². The number of nitrogens with zero attached hydrogens (tertiary/aromatic N) is 1. The lowest BCUT2D eigenvalue weighted by Gasteiger charge is -2.30. The molecule has 5 heteroatoms. The van der Waals surface area contributed by atoms with Gasteiger partial charge in [-0.25, -0.2) is 0 Å². The highest BCUT2D eigenvalue weighted by molar-refractivity contribution is 7.10. The first-order chi connectivity index (χ1) is 14.2. The first-order valence-corrected chi connectivity index (χ1v) is 10.9. The van der Waals surface area contributed by atoms with E-state index in [2.05, 4.69) is 52.0 Å². The number of carbonyl (C=O) groups is 1. The minimum absolute atomic E-state index is 0.0925. The van der Waals surface area contributed by atoms with Crippen molar-refractivity contribution in [3.8, 4) is 5.75 Å². The second-order valence-electron chi connectivity index (χ2n) is 7.26. The third-order valence-electron chi connectivity index (χ3n) is 5.46. The maximum atomic E-state index is 12.5. The molecule has 1 aliphatic heterocycles. The number of methoxy groups -OCH3 is 1. The second-order valence-corrected chi connectivity index (χ2v) is 8.23. The van der Waals surface area contributed by atoms with Crippen LogP contribution in [0.5, 0.6) is 5.75 Å². The summed E-state index contributed by atoms with van der Waals surface area (Å²) in [5.74, 6) is 0.928. The number of carbonyl (C=O) groups excluding carboxylic acids is 1. The van der Waals surface area contributed by atoms with Crippen LogP contribution in [0.4, 0.5) is 5.69 Å². The molecule has 0 spiro atoms. The summed E-state index contributed by atoms with van der Waals surface area (Å²) in [5.41, 5.74) is 3.82. The monoisotopic (exact) mass is 406 g/mol. The van der Waals surface area contributed by atoms with Crippen molar-refractivity contribution in [1.29, 1.82) is 0 Å². The van der Waals surface area contributed by atoms with Crippen LogP contribution in [0.2, 0.25) is 0 Å². The quantitative estimate of drug-likeness (QED) is 0.594. The molecular weight excluding hydrogens is 380 g/mol. The lowest BCUT2D eigenvalue weighted by Crippen LogP contribution is -2.37. The van der Waals surface area contributed by atoms with Crippen LogP contribution < -0.4 is 15.0 Å². The summed E-state index contributed by atoms with van der Waals surface area (Å²) in [4.78, 5) is 16.2. The third kappa shape index (κ3) is 4.62. The summed E-state index contributed by atoms with van der Waals surface area (Å²) in [6, 6.07) is 20.9. The average molecular weight is 407 g/mol. The summed E-state index contributed by atoms with van der Waals surface area (Å²) >= 11 is 1.75. The van der Waals surface area contributed by atoms with Gasteiger partial charge >= 0.3 is 0 Å². The van der Waals surface area contributed by atoms with Crippen molar-refractivity contribution in [3.63, 3.8) is 0 Å². The van der Waals surface area contributed by atoms with Gasteiger partial charge in [0.15, 0.2) is 0 Å². The summed E-state index contributed by atoms with van der Waals surface area (Å²) in [6.07, 6.45) is 2.27. The molecule has 0 radical (unpaired) electrons. The molecule has 0 bridgehead atoms. The topological polar surface area (TPSA) is 41.6 Å². The van der Waals surface area contributed by atoms with Crippen LogP contribution in [-0.4, -0.2) is 26.1 Å². The number of hydrogen-bond donors (Lipinski definition) is 1. The molecule has 4 rings (SSSR count). The number of ether oxygens (including phenoxy) is 1. The zero-order chi connectivity index (χ0) is 20.1. The Morgan fingerprint density at radius 1 is 1.14 bits per heavy atom. The third-order valence-corrected chi connectivity index (χ3v) is 6.44. The van der Waals surface area contributed by atoms with Gasteiger partial charge in [-0.2, -0.15) is 0 Å². The molecule has 0 saturated carbocycles. The Balaban J connectivity index is 1.38. The Labute approximate surface area is 176 Å². The van der Waals surface area contributed by atoms with E-state index >= 15 is 0 Å². The number of benzene rings is 2. The van der Waals surface area contributed by atoms with Crippen molar-refractivity contribution in [2.75, 3.05) is 25.1 Å². The van der Waals surface area contributed by atoms with Crippen LogP contribution in [0.1, 0.15) is 28.5 Å². The first-order valence-electron chi connectivity index (χ1n) is 10.0. The van der Waals surface area contributed by atoms with Gasteiger partial charge in [0.2, 0.25) is 5.91 Å². The van der Waals surface area contributed by atoms with Gasteiger partial charge in [0, 0.05) is 30.1 Å². The fourth-order valence-corrected chi connectivity index (χ4v) is 4.72. The number of anilines is 1. The number of para-hydroxylation sites is 1. The molecule has 0 saturated heterocycles. The van der Waals surface area contributed by atoms with Crippen molar-refractivity contribution in [2.24, 2.45) is 0 Å². The maximum absolute atomic E-state index is 12.5. The van der Waals surface area contributed by atoms with E-state index in [0.29, 0.717) is 13.0 Å². The Bertz CT molecular complexity index is 938. The zero-order valence-corrected chi connectivity index (χ0v) is 17.5. The molecule has 4 nitrogen and oxygen atoms in total. The number of thiophene rings is 1. The van der Waals surface area contributed by atoms with Crippen LogP contribution in [-0.2, 0) is 17.6 Å². The molecule has 3 aromatic rings. The Morgan fingerprint density at radius 3 is 2.72 bits per heavy atom. The summed E-state index contributed by atoms with van der Waals surface area (Å²) in [6.45, 7) is 1.61. The van der Waals surface area contributed by atoms with Gasteiger partial charge in [-0.1, -0.05) is 36.4 Å². The van der Waals surface area contributed by atoms with Gasteiger partial charge in [0.1, 0.15) is 5.75 Å². The van der Waals surface area contributed by atoms with E-state index in [9.17, 15) is 4.79 Å². The normalized spacial score (nSPS) is 13.8. The predicted octanol–water partition coefficient (Wildman–Crippen LogP) is 4.61. The second kappa shape index (κ2) is 9.14. The molecule has 2 aromatic carbocycles. The van der Waals surface area contributed by atoms with Crippen molar-refractivity contribution in [3.05, 3.63) is 82.0 Å². The molecule has 1 aliphatic rings. The first kappa shape index (κ1) is 19.5. The number of nitrogens with one attached hydrogen (secondary N) is 1. The molecular formula is C24H26N2O2S. The minimum Gasteiger partial charge on any atom is -0.497 e. The Kier molecular flexibility index (Phi) is 6.15. The van der Waals surface area contributed by atoms with Crippen LogP contribution in [0.3, 0.4) is 0 Å². The molecule has 29 heavy (non-hydrogen) atoms. The molecule has 1 N–H and O–H groups in total. The van der Waals surface area contributed by atoms with Crippen molar-refractivity contribution < 1.29 is 9.53 Å². The maximum Gasteiger partial charge on any atom is 0.220 e. The van der Waals surface area contributed by atoms with E-state index in [-0.39, 0.29) is 11.9 Å². The SMILES string of the molecule is COc1ccc(CCC(=O)NC[C@H](c2cccs2)N2CCc3ccccc32)cc1. The van der Waals surface area contributed by atoms with Gasteiger partial charge < -0.3 is 15.0 Å². The number of fused-ring (bicyclic) bond motifs is 1. The van der Waals surface area contributed by atoms with Crippen LogP contribution >= 0.6 is 11.3 Å². The summed E-state index contributed by atoms with van der Waals surface area (Å²) in [7, 11) is 1.66. The van der Waals surface area contributed by atoms with E-state index < -0.39 is 0 Å². The number of amides is 1. The number of rotatable bonds is 8. The van der Waals surface area contributed by atoms with Crippen molar-refractivity contribution >= 4 is 22.9 Å². The molecule has 2 heterocycles. The van der Waals surface area contributed by atoms with E-state index in [1.165, 1.54) is 16.1 Å². The molecule has 1 atom stereocenters. The van der Waals surface area contributed by atoms with Gasteiger partial charge in [-0.15, -0.1) is 11.3 Å². The van der Waals surface area contributed by atoms with E-state index in [1.807, 2.05) is 24.3 Å². The standard InChI is InChI=1S/C24H26N2O2S/c1-28-20-11-8-18(9-12-20)10-13-24(27)25-17-22(23-7-4-16-29-23)26-15-14-19-5-2-3-6-21(19)26/h2-9,11-12,16,22H,10,13-15,17H2,1H3,(H,25,27)/t22-/m1/s1. The Morgan fingerprint density at radius 2 is 1.97 bits per heavy atom. The van der Waals surface area contributed by atoms with Crippen molar-refractivity contribution in [1.82, 2.24) is 5.32 Å². The lowest BCUT2D eigenvalue weighted by atomic mass is 10.1. The van der Waals surface area contributed by atoms with Gasteiger partial charge in [0.25, 0.3) is 0 Å². The lowest BCUT2D eigenvalue weighted by molar-refractivity contribution is -0.121. The summed E-state index contributed by atoms with van der Waals surface area (Å²) in [5, 5.41) is 5.28. The molecule has 1 aromatic heterocycles. The fraction of sp³-hybridized carbons (Fsp3) is 0.292. The predicted molar refractivity (Wildman–Crippen MR) is 119 cm³/mol. The van der Waals surface area contributed by atoms with E-state index in [1.54, 1.807) is 18.4 Å².